The molecule has 2 fully saturated rings. The maximum Gasteiger partial charge on any atom is 0.327 e. The van der Waals surface area contributed by atoms with Gasteiger partial charge in [0.1, 0.15) is 6.04 Å². The predicted octanol–water partition coefficient (Wildman–Crippen LogP) is 1.75. The summed E-state index contributed by atoms with van der Waals surface area (Å²) in [5, 5.41) is 12.2. The minimum absolute atomic E-state index is 0.0640. The Morgan fingerprint density at radius 2 is 2.14 bits per heavy atom. The molecule has 0 aromatic carbocycles. The van der Waals surface area contributed by atoms with Crippen molar-refractivity contribution in [2.75, 3.05) is 12.4 Å². The van der Waals surface area contributed by atoms with Crippen LogP contribution in [0.1, 0.15) is 33.6 Å². The van der Waals surface area contributed by atoms with Crippen molar-refractivity contribution in [2.45, 2.75) is 57.2 Å². The van der Waals surface area contributed by atoms with Gasteiger partial charge in [-0.05, 0) is 25.7 Å². The monoisotopic (exact) mass is 316 g/mol. The van der Waals surface area contributed by atoms with Gasteiger partial charge in [0.2, 0.25) is 0 Å². The summed E-state index contributed by atoms with van der Waals surface area (Å²) in [6.07, 6.45) is 1.69. The number of carboxylic acids is 1. The average Bonchev–Trinajstić information content (AvgIpc) is 2.83. The van der Waals surface area contributed by atoms with Crippen LogP contribution in [-0.2, 0) is 9.53 Å². The van der Waals surface area contributed by atoms with Crippen molar-refractivity contribution < 1.29 is 19.4 Å². The van der Waals surface area contributed by atoms with Crippen molar-refractivity contribution in [3.63, 3.8) is 0 Å². The van der Waals surface area contributed by atoms with Crippen LogP contribution in [0.25, 0.3) is 0 Å². The molecule has 2 amide bonds. The first-order chi connectivity index (χ1) is 9.90. The van der Waals surface area contributed by atoms with Crippen LogP contribution in [0.2, 0.25) is 0 Å². The molecular weight excluding hydrogens is 292 g/mol. The molecule has 0 bridgehead atoms. The van der Waals surface area contributed by atoms with Gasteiger partial charge < -0.3 is 15.2 Å². The zero-order valence-electron chi connectivity index (χ0n) is 12.7. The smallest absolute Gasteiger partial charge is 0.327 e. The van der Waals surface area contributed by atoms with E-state index in [1.165, 1.54) is 4.90 Å². The molecule has 2 N–H and O–H groups in total. The molecule has 7 heteroatoms. The van der Waals surface area contributed by atoms with Crippen LogP contribution in [-0.4, -0.2) is 57.9 Å². The fourth-order valence-corrected chi connectivity index (χ4v) is 4.34. The maximum atomic E-state index is 12.5. The molecule has 0 saturated carbocycles. The largest absolute Gasteiger partial charge is 0.480 e. The normalized spacial score (nSPS) is 33.2. The van der Waals surface area contributed by atoms with E-state index in [9.17, 15) is 14.7 Å². The molecule has 0 aliphatic carbocycles. The summed E-state index contributed by atoms with van der Waals surface area (Å²) in [6.45, 7) is 6.65. The molecule has 120 valence electrons. The summed E-state index contributed by atoms with van der Waals surface area (Å²) in [7, 11) is 0. The molecule has 21 heavy (non-hydrogen) atoms. The van der Waals surface area contributed by atoms with Gasteiger partial charge in [-0.25, -0.2) is 9.59 Å². The van der Waals surface area contributed by atoms with Crippen molar-refractivity contribution in [3.8, 4) is 0 Å². The highest BCUT2D eigenvalue weighted by Crippen LogP contribution is 2.34. The number of hydrogen-bond acceptors (Lipinski definition) is 4. The zero-order valence-corrected chi connectivity index (χ0v) is 13.6. The number of urea groups is 1. The second kappa shape index (κ2) is 6.87. The van der Waals surface area contributed by atoms with Crippen LogP contribution < -0.4 is 5.32 Å². The third-order valence-corrected chi connectivity index (χ3v) is 5.56. The minimum Gasteiger partial charge on any atom is -0.480 e. The number of amides is 2. The van der Waals surface area contributed by atoms with Gasteiger partial charge in [0.15, 0.2) is 0 Å². The third-order valence-electron chi connectivity index (χ3n) is 3.94. The third kappa shape index (κ3) is 3.83. The van der Waals surface area contributed by atoms with E-state index in [0.717, 1.165) is 12.8 Å². The van der Waals surface area contributed by atoms with E-state index in [1.807, 2.05) is 20.8 Å². The molecule has 0 spiro atoms. The number of thioether (sulfide) groups is 1. The molecule has 2 heterocycles. The quantitative estimate of drug-likeness (QED) is 0.829. The Balaban J connectivity index is 2.04. The number of carbonyl (C=O) groups is 2. The van der Waals surface area contributed by atoms with Crippen LogP contribution in [0.15, 0.2) is 0 Å². The van der Waals surface area contributed by atoms with E-state index in [-0.39, 0.29) is 29.5 Å². The summed E-state index contributed by atoms with van der Waals surface area (Å²) in [5.41, 5.74) is 0. The zero-order chi connectivity index (χ0) is 15.6. The van der Waals surface area contributed by atoms with E-state index in [1.54, 1.807) is 11.8 Å². The van der Waals surface area contributed by atoms with Gasteiger partial charge in [-0.1, -0.05) is 13.8 Å². The molecule has 2 aliphatic heterocycles. The highest BCUT2D eigenvalue weighted by molar-refractivity contribution is 8.00. The second-order valence-electron chi connectivity index (χ2n) is 6.08. The molecule has 2 saturated heterocycles. The molecule has 6 nitrogen and oxygen atoms in total. The van der Waals surface area contributed by atoms with Crippen molar-refractivity contribution in [1.29, 1.82) is 0 Å². The Bertz CT molecular complexity index is 404. The van der Waals surface area contributed by atoms with Gasteiger partial charge in [-0.2, -0.15) is 0 Å². The number of aliphatic carboxylic acids is 1. The van der Waals surface area contributed by atoms with E-state index >= 15 is 0 Å². The summed E-state index contributed by atoms with van der Waals surface area (Å²) in [5.74, 6) is -0.254. The van der Waals surface area contributed by atoms with Crippen LogP contribution in [0.3, 0.4) is 0 Å². The first kappa shape index (κ1) is 16.4. The highest BCUT2D eigenvalue weighted by atomic mass is 32.2. The van der Waals surface area contributed by atoms with Gasteiger partial charge in [0.05, 0.1) is 11.5 Å². The summed E-state index contributed by atoms with van der Waals surface area (Å²) in [6, 6.07) is -0.932. The minimum atomic E-state index is -0.929. The SMILES string of the molecule is CC1CC(NC(=O)N2C(C(=O)O)CSC2C(C)C)CCO1. The first-order valence-corrected chi connectivity index (χ1v) is 8.50. The van der Waals surface area contributed by atoms with Crippen molar-refractivity contribution in [3.05, 3.63) is 0 Å². The van der Waals surface area contributed by atoms with Gasteiger partial charge in [0, 0.05) is 18.4 Å². The number of hydrogen-bond donors (Lipinski definition) is 2. The van der Waals surface area contributed by atoms with Crippen LogP contribution in [0.5, 0.6) is 0 Å². The van der Waals surface area contributed by atoms with Crippen LogP contribution in [0, 0.1) is 5.92 Å². The predicted molar refractivity (Wildman–Crippen MR) is 81.3 cm³/mol. The average molecular weight is 316 g/mol. The lowest BCUT2D eigenvalue weighted by atomic mass is 10.0. The molecule has 4 unspecified atom stereocenters. The Hall–Kier alpha value is -0.950. The van der Waals surface area contributed by atoms with Gasteiger partial charge in [-0.3, -0.25) is 4.90 Å². The molecule has 2 rings (SSSR count). The van der Waals surface area contributed by atoms with Crippen molar-refractivity contribution in [2.24, 2.45) is 5.92 Å². The van der Waals surface area contributed by atoms with Gasteiger partial charge in [0.25, 0.3) is 0 Å². The van der Waals surface area contributed by atoms with E-state index in [0.29, 0.717) is 12.4 Å². The maximum absolute atomic E-state index is 12.5. The summed E-state index contributed by atoms with van der Waals surface area (Å²) < 4.78 is 5.47. The van der Waals surface area contributed by atoms with E-state index in [4.69, 9.17) is 4.74 Å². The lowest BCUT2D eigenvalue weighted by molar-refractivity contribution is -0.141. The standard InChI is InChI=1S/C14H24N2O4S/c1-8(2)12-16(11(7-21-12)13(17)18)14(19)15-10-4-5-20-9(3)6-10/h8-12H,4-7H2,1-3H3,(H,15,19)(H,17,18). The summed E-state index contributed by atoms with van der Waals surface area (Å²) >= 11 is 1.55. The molecule has 0 aromatic heterocycles. The lowest BCUT2D eigenvalue weighted by Crippen LogP contribution is -2.54. The first-order valence-electron chi connectivity index (χ1n) is 7.45. The fraction of sp³-hybridized carbons (Fsp3) is 0.857. The van der Waals surface area contributed by atoms with E-state index < -0.39 is 12.0 Å². The number of rotatable bonds is 3. The second-order valence-corrected chi connectivity index (χ2v) is 7.23. The van der Waals surface area contributed by atoms with Gasteiger partial charge >= 0.3 is 12.0 Å². The van der Waals surface area contributed by atoms with Crippen LogP contribution in [0.4, 0.5) is 4.79 Å². The number of carboxylic acid groups (broad SMARTS) is 1. The van der Waals surface area contributed by atoms with Crippen molar-refractivity contribution in [1.82, 2.24) is 10.2 Å². The summed E-state index contributed by atoms with van der Waals surface area (Å²) in [4.78, 5) is 25.4. The number of nitrogens with zero attached hydrogens (tertiary/aromatic N) is 1. The molecular formula is C14H24N2O4S. The molecule has 0 radical (unpaired) electrons. The number of carbonyl (C=O) groups excluding carboxylic acids is 1. The lowest BCUT2D eigenvalue weighted by Gasteiger charge is -2.33. The Morgan fingerprint density at radius 1 is 1.43 bits per heavy atom. The topological polar surface area (TPSA) is 78.9 Å². The van der Waals surface area contributed by atoms with Crippen molar-refractivity contribution >= 4 is 23.8 Å². The Labute approximate surface area is 129 Å². The van der Waals surface area contributed by atoms with E-state index in [2.05, 4.69) is 5.32 Å². The van der Waals surface area contributed by atoms with Crippen LogP contribution >= 0.6 is 11.8 Å². The molecule has 2 aliphatic rings. The Morgan fingerprint density at radius 3 is 2.71 bits per heavy atom. The molecule has 0 aromatic rings. The Kier molecular flexibility index (Phi) is 5.37. The fourth-order valence-electron chi connectivity index (χ4n) is 2.87. The van der Waals surface area contributed by atoms with Gasteiger partial charge in [-0.15, -0.1) is 11.8 Å². The highest BCUT2D eigenvalue weighted by Gasteiger charge is 2.43. The number of ether oxygens (including phenoxy) is 1. The molecule has 4 atom stereocenters. The number of nitrogens with one attached hydrogen (secondary N) is 1.